The van der Waals surface area contributed by atoms with Gasteiger partial charge in [-0.05, 0) is 0 Å². The fourth-order valence-corrected chi connectivity index (χ4v) is 7.12. The van der Waals surface area contributed by atoms with Crippen molar-refractivity contribution in [3.8, 4) is 0 Å². The fourth-order valence-electron chi connectivity index (χ4n) is 3.11. The van der Waals surface area contributed by atoms with Gasteiger partial charge in [0.25, 0.3) is 0 Å². The molecule has 0 heterocycles. The van der Waals surface area contributed by atoms with Gasteiger partial charge in [-0.1, -0.05) is 0 Å². The molecule has 1 saturated carbocycles. The van der Waals surface area contributed by atoms with Gasteiger partial charge >= 0.3 is 107 Å². The van der Waals surface area contributed by atoms with Crippen LogP contribution >= 0.6 is 7.87 Å². The number of hydrogen-bond donors (Lipinski definition) is 1. The molecule has 4 nitrogen and oxygen atoms in total. The van der Waals surface area contributed by atoms with E-state index in [9.17, 15) is 0 Å². The summed E-state index contributed by atoms with van der Waals surface area (Å²) in [6.45, 7) is 0. The van der Waals surface area contributed by atoms with Crippen LogP contribution in [0.4, 0.5) is 0 Å². The van der Waals surface area contributed by atoms with Gasteiger partial charge in [0.05, 0.1) is 0 Å². The van der Waals surface area contributed by atoms with Crippen LogP contribution in [0.25, 0.3) is 0 Å². The number of nitrogens with one attached hydrogen (secondary N) is 1. The molecule has 1 fully saturated rings. The molecule has 0 aliphatic heterocycles. The average molecular weight is 262 g/mol. The Kier molecular flexibility index (Phi) is 5.81. The maximum absolute atomic E-state index is 3.98. The molecule has 0 saturated heterocycles. The standard InChI is InChI=1S/C12H31N4P/c1-14(2)17(15(3)4,16(5)6)13-12-10-8-7-9-11-12/h12-13,17H,7-11H2,1-6H3. The van der Waals surface area contributed by atoms with Gasteiger partial charge < -0.3 is 0 Å². The van der Waals surface area contributed by atoms with Gasteiger partial charge in [0.15, 0.2) is 0 Å². The second kappa shape index (κ2) is 6.44. The van der Waals surface area contributed by atoms with Gasteiger partial charge in [-0.15, -0.1) is 0 Å². The van der Waals surface area contributed by atoms with Crippen molar-refractivity contribution < 1.29 is 0 Å². The van der Waals surface area contributed by atoms with E-state index in [2.05, 4.69) is 61.4 Å². The summed E-state index contributed by atoms with van der Waals surface area (Å²) in [4.78, 5) is 0. The predicted molar refractivity (Wildman–Crippen MR) is 79.4 cm³/mol. The third-order valence-corrected chi connectivity index (χ3v) is 8.41. The second-order valence-corrected chi connectivity index (χ2v) is 10.0. The van der Waals surface area contributed by atoms with Crippen molar-refractivity contribution in [1.82, 2.24) is 19.1 Å². The van der Waals surface area contributed by atoms with E-state index in [4.69, 9.17) is 0 Å². The normalized spacial score (nSPS) is 20.5. The molecule has 0 spiro atoms. The zero-order chi connectivity index (χ0) is 13.1. The Morgan fingerprint density at radius 2 is 1.18 bits per heavy atom. The minimum atomic E-state index is -1.86. The number of hydrogen-bond acceptors (Lipinski definition) is 4. The van der Waals surface area contributed by atoms with Crippen LogP contribution in [0.2, 0.25) is 0 Å². The van der Waals surface area contributed by atoms with Crippen LogP contribution in [0, 0.1) is 0 Å². The van der Waals surface area contributed by atoms with E-state index in [1.807, 2.05) is 0 Å². The first-order valence-electron chi connectivity index (χ1n) is 6.71. The Hall–Kier alpha value is 0.270. The topological polar surface area (TPSA) is 21.8 Å². The third kappa shape index (κ3) is 3.39. The van der Waals surface area contributed by atoms with Crippen LogP contribution in [-0.2, 0) is 0 Å². The molecule has 0 aromatic heterocycles. The first-order valence-corrected chi connectivity index (χ1v) is 8.55. The van der Waals surface area contributed by atoms with Crippen molar-refractivity contribution in [3.63, 3.8) is 0 Å². The summed E-state index contributed by atoms with van der Waals surface area (Å²) in [5.41, 5.74) is 0. The SMILES string of the molecule is CN(C)[PH](NC1CCCCC1)(N(C)C)N(C)C. The van der Waals surface area contributed by atoms with Crippen LogP contribution in [0.5, 0.6) is 0 Å². The maximum atomic E-state index is 3.98. The Labute approximate surface area is 108 Å². The molecule has 0 unspecified atom stereocenters. The summed E-state index contributed by atoms with van der Waals surface area (Å²) in [7, 11) is 11.3. The van der Waals surface area contributed by atoms with Crippen molar-refractivity contribution >= 4 is 7.87 Å². The van der Waals surface area contributed by atoms with E-state index < -0.39 is 7.87 Å². The predicted octanol–water partition coefficient (Wildman–Crippen LogP) is 2.00. The van der Waals surface area contributed by atoms with Crippen molar-refractivity contribution in [2.75, 3.05) is 42.3 Å². The summed E-state index contributed by atoms with van der Waals surface area (Å²) in [5.74, 6) is 0. The molecule has 0 bridgehead atoms. The van der Waals surface area contributed by atoms with Crippen molar-refractivity contribution in [3.05, 3.63) is 0 Å². The van der Waals surface area contributed by atoms with Crippen molar-refractivity contribution in [1.29, 1.82) is 0 Å². The zero-order valence-electron chi connectivity index (χ0n) is 12.5. The van der Waals surface area contributed by atoms with Crippen LogP contribution in [0.3, 0.4) is 0 Å². The molecule has 5 heteroatoms. The molecule has 1 N–H and O–H groups in total. The van der Waals surface area contributed by atoms with E-state index in [1.165, 1.54) is 32.1 Å². The van der Waals surface area contributed by atoms with Crippen LogP contribution < -0.4 is 5.09 Å². The molecule has 17 heavy (non-hydrogen) atoms. The minimum absolute atomic E-state index is 0.697. The molecule has 0 amide bonds. The first kappa shape index (κ1) is 15.3. The molecule has 1 aliphatic rings. The van der Waals surface area contributed by atoms with Gasteiger partial charge in [-0.2, -0.15) is 0 Å². The van der Waals surface area contributed by atoms with Crippen LogP contribution in [-0.4, -0.2) is 62.3 Å². The molecular formula is C12H31N4P. The third-order valence-electron chi connectivity index (χ3n) is 3.87. The van der Waals surface area contributed by atoms with Crippen molar-refractivity contribution in [2.24, 2.45) is 0 Å². The van der Waals surface area contributed by atoms with Gasteiger partial charge in [0, 0.05) is 0 Å². The summed E-state index contributed by atoms with van der Waals surface area (Å²) < 4.78 is 7.17. The molecular weight excluding hydrogens is 231 g/mol. The van der Waals surface area contributed by atoms with Crippen LogP contribution in [0.1, 0.15) is 32.1 Å². The van der Waals surface area contributed by atoms with E-state index in [0.717, 1.165) is 0 Å². The Balaban J connectivity index is 2.81. The second-order valence-electron chi connectivity index (χ2n) is 5.80. The summed E-state index contributed by atoms with van der Waals surface area (Å²) in [6.07, 6.45) is 6.86. The van der Waals surface area contributed by atoms with Gasteiger partial charge in [-0.25, -0.2) is 0 Å². The van der Waals surface area contributed by atoms with E-state index in [-0.39, 0.29) is 0 Å². The summed E-state index contributed by atoms with van der Waals surface area (Å²) in [6, 6.07) is 0.697. The van der Waals surface area contributed by atoms with Crippen LogP contribution in [0.15, 0.2) is 0 Å². The van der Waals surface area contributed by atoms with Gasteiger partial charge in [0.2, 0.25) is 0 Å². The Morgan fingerprint density at radius 1 is 0.765 bits per heavy atom. The molecule has 0 radical (unpaired) electrons. The Morgan fingerprint density at radius 3 is 1.53 bits per heavy atom. The van der Waals surface area contributed by atoms with E-state index >= 15 is 0 Å². The molecule has 1 aliphatic carbocycles. The molecule has 104 valence electrons. The quantitative estimate of drug-likeness (QED) is 0.765. The monoisotopic (exact) mass is 262 g/mol. The summed E-state index contributed by atoms with van der Waals surface area (Å²) >= 11 is 0. The van der Waals surface area contributed by atoms with E-state index in [0.29, 0.717) is 6.04 Å². The first-order chi connectivity index (χ1) is 7.91. The van der Waals surface area contributed by atoms with Crippen molar-refractivity contribution in [2.45, 2.75) is 38.1 Å². The summed E-state index contributed by atoms with van der Waals surface area (Å²) in [5, 5.41) is 3.98. The van der Waals surface area contributed by atoms with Gasteiger partial charge in [0.1, 0.15) is 0 Å². The van der Waals surface area contributed by atoms with Gasteiger partial charge in [-0.3, -0.25) is 0 Å². The van der Waals surface area contributed by atoms with E-state index in [1.54, 1.807) is 0 Å². The number of nitrogens with zero attached hydrogens (tertiary/aromatic N) is 3. The molecule has 0 aromatic rings. The molecule has 0 aromatic carbocycles. The zero-order valence-corrected chi connectivity index (χ0v) is 13.5. The number of rotatable bonds is 5. The average Bonchev–Trinajstić information content (AvgIpc) is 2.25. The molecule has 0 atom stereocenters. The fraction of sp³-hybridized carbons (Fsp3) is 1.00. The Bertz CT molecular complexity index is 203. The molecule has 1 rings (SSSR count).